The fraction of sp³-hybridized carbons (Fsp3) is 0.500. The number of carbonyl (C=O) groups excluding carboxylic acids is 1. The lowest BCUT2D eigenvalue weighted by molar-refractivity contribution is -0.131. The first kappa shape index (κ1) is 14.9. The summed E-state index contributed by atoms with van der Waals surface area (Å²) in [5, 5.41) is 0. The van der Waals surface area contributed by atoms with E-state index in [-0.39, 0.29) is 5.91 Å². The van der Waals surface area contributed by atoms with Crippen LogP contribution in [0.4, 0.5) is 5.69 Å². The van der Waals surface area contributed by atoms with E-state index in [0.717, 1.165) is 30.0 Å². The van der Waals surface area contributed by atoms with E-state index in [0.29, 0.717) is 13.0 Å². The van der Waals surface area contributed by atoms with Gasteiger partial charge in [0.15, 0.2) is 0 Å². The highest BCUT2D eigenvalue weighted by molar-refractivity contribution is 7.98. The average Bonchev–Trinajstić information content (AvgIpc) is 2.38. The van der Waals surface area contributed by atoms with Crippen LogP contribution in [0, 0.1) is 0 Å². The highest BCUT2D eigenvalue weighted by Crippen LogP contribution is 2.14. The molecule has 0 aliphatic heterocycles. The number of hydrogen-bond donors (Lipinski definition) is 1. The number of hydrogen-bond acceptors (Lipinski definition) is 3. The summed E-state index contributed by atoms with van der Waals surface area (Å²) in [6.45, 7) is 3.50. The van der Waals surface area contributed by atoms with Crippen LogP contribution >= 0.6 is 11.8 Å². The SMILES string of the molecule is CCCN(Cc1ccccc1N)C(=O)CCSC. The lowest BCUT2D eigenvalue weighted by Gasteiger charge is -2.23. The van der Waals surface area contributed by atoms with Crippen LogP contribution in [0.3, 0.4) is 0 Å². The Morgan fingerprint density at radius 3 is 2.72 bits per heavy atom. The van der Waals surface area contributed by atoms with E-state index < -0.39 is 0 Å². The van der Waals surface area contributed by atoms with Crippen molar-refractivity contribution in [3.8, 4) is 0 Å². The third-order valence-electron chi connectivity index (χ3n) is 2.78. The highest BCUT2D eigenvalue weighted by Gasteiger charge is 2.13. The maximum Gasteiger partial charge on any atom is 0.223 e. The number of nitrogens with two attached hydrogens (primary N) is 1. The molecule has 1 aromatic carbocycles. The molecule has 0 spiro atoms. The molecule has 18 heavy (non-hydrogen) atoms. The summed E-state index contributed by atoms with van der Waals surface area (Å²) in [4.78, 5) is 14.0. The Kier molecular flexibility index (Phi) is 6.65. The molecule has 0 saturated carbocycles. The third kappa shape index (κ3) is 4.61. The Morgan fingerprint density at radius 2 is 2.11 bits per heavy atom. The lowest BCUT2D eigenvalue weighted by Crippen LogP contribution is -2.31. The summed E-state index contributed by atoms with van der Waals surface area (Å²) >= 11 is 1.70. The fourth-order valence-corrected chi connectivity index (χ4v) is 2.17. The first-order valence-electron chi connectivity index (χ1n) is 6.29. The number of carbonyl (C=O) groups is 1. The molecule has 100 valence electrons. The third-order valence-corrected chi connectivity index (χ3v) is 3.39. The van der Waals surface area contributed by atoms with Crippen molar-refractivity contribution >= 4 is 23.4 Å². The van der Waals surface area contributed by atoms with Gasteiger partial charge >= 0.3 is 0 Å². The molecular weight excluding hydrogens is 244 g/mol. The van der Waals surface area contributed by atoms with Gasteiger partial charge in [-0.3, -0.25) is 4.79 Å². The fourth-order valence-electron chi connectivity index (χ4n) is 1.79. The lowest BCUT2D eigenvalue weighted by atomic mass is 10.1. The molecular formula is C14H22N2OS. The standard InChI is InChI=1S/C14H22N2OS/c1-3-9-16(14(17)8-10-18-2)11-12-6-4-5-7-13(12)15/h4-7H,3,8-11,15H2,1-2H3. The Bertz CT molecular complexity index is 382. The zero-order chi connectivity index (χ0) is 13.4. The van der Waals surface area contributed by atoms with Gasteiger partial charge in [0.05, 0.1) is 0 Å². The van der Waals surface area contributed by atoms with Gasteiger partial charge < -0.3 is 10.6 Å². The number of amides is 1. The van der Waals surface area contributed by atoms with Crippen LogP contribution in [0.2, 0.25) is 0 Å². The summed E-state index contributed by atoms with van der Waals surface area (Å²) in [5.74, 6) is 1.10. The number of para-hydroxylation sites is 1. The molecule has 1 aromatic rings. The summed E-state index contributed by atoms with van der Waals surface area (Å²) < 4.78 is 0. The van der Waals surface area contributed by atoms with Crippen LogP contribution in [-0.4, -0.2) is 29.4 Å². The van der Waals surface area contributed by atoms with Crippen LogP contribution in [0.15, 0.2) is 24.3 Å². The minimum atomic E-state index is 0.217. The molecule has 0 radical (unpaired) electrons. The van der Waals surface area contributed by atoms with Crippen molar-refractivity contribution in [3.05, 3.63) is 29.8 Å². The predicted molar refractivity (Wildman–Crippen MR) is 79.6 cm³/mol. The van der Waals surface area contributed by atoms with Gasteiger partial charge in [-0.1, -0.05) is 25.1 Å². The van der Waals surface area contributed by atoms with Crippen molar-refractivity contribution in [1.82, 2.24) is 4.90 Å². The number of thioether (sulfide) groups is 1. The molecule has 0 aromatic heterocycles. The average molecular weight is 266 g/mol. The number of nitrogen functional groups attached to an aromatic ring is 1. The van der Waals surface area contributed by atoms with E-state index in [1.54, 1.807) is 11.8 Å². The van der Waals surface area contributed by atoms with Crippen molar-refractivity contribution in [2.75, 3.05) is 24.3 Å². The Labute approximate surface area is 114 Å². The van der Waals surface area contributed by atoms with Gasteiger partial charge in [-0.2, -0.15) is 11.8 Å². The second kappa shape index (κ2) is 8.03. The molecule has 0 aliphatic rings. The van der Waals surface area contributed by atoms with Crippen molar-refractivity contribution in [2.45, 2.75) is 26.3 Å². The van der Waals surface area contributed by atoms with Crippen LogP contribution in [0.5, 0.6) is 0 Å². The van der Waals surface area contributed by atoms with Gasteiger partial charge in [0.2, 0.25) is 5.91 Å². The van der Waals surface area contributed by atoms with E-state index in [2.05, 4.69) is 6.92 Å². The van der Waals surface area contributed by atoms with E-state index in [1.165, 1.54) is 0 Å². The first-order valence-corrected chi connectivity index (χ1v) is 7.68. The molecule has 2 N–H and O–H groups in total. The van der Waals surface area contributed by atoms with Crippen molar-refractivity contribution in [1.29, 1.82) is 0 Å². The molecule has 0 saturated heterocycles. The number of rotatable bonds is 7. The highest BCUT2D eigenvalue weighted by atomic mass is 32.2. The molecule has 3 nitrogen and oxygen atoms in total. The minimum absolute atomic E-state index is 0.217. The van der Waals surface area contributed by atoms with Gasteiger partial charge in [0.1, 0.15) is 0 Å². The zero-order valence-electron chi connectivity index (χ0n) is 11.2. The molecule has 1 amide bonds. The second-order valence-electron chi connectivity index (χ2n) is 4.26. The number of anilines is 1. The Morgan fingerprint density at radius 1 is 1.39 bits per heavy atom. The minimum Gasteiger partial charge on any atom is -0.398 e. The number of benzene rings is 1. The monoisotopic (exact) mass is 266 g/mol. The van der Waals surface area contributed by atoms with E-state index in [1.807, 2.05) is 35.4 Å². The quantitative estimate of drug-likeness (QED) is 0.772. The van der Waals surface area contributed by atoms with Crippen LogP contribution < -0.4 is 5.73 Å². The van der Waals surface area contributed by atoms with Gasteiger partial charge in [-0.05, 0) is 24.3 Å². The molecule has 0 bridgehead atoms. The topological polar surface area (TPSA) is 46.3 Å². The van der Waals surface area contributed by atoms with Crippen molar-refractivity contribution in [2.24, 2.45) is 0 Å². The van der Waals surface area contributed by atoms with Gasteiger partial charge in [-0.25, -0.2) is 0 Å². The van der Waals surface area contributed by atoms with Crippen molar-refractivity contribution < 1.29 is 4.79 Å². The maximum absolute atomic E-state index is 12.1. The molecule has 0 aliphatic carbocycles. The molecule has 0 fully saturated rings. The Balaban J connectivity index is 2.68. The van der Waals surface area contributed by atoms with Gasteiger partial charge in [0, 0.05) is 31.0 Å². The van der Waals surface area contributed by atoms with Crippen LogP contribution in [0.25, 0.3) is 0 Å². The smallest absolute Gasteiger partial charge is 0.223 e. The summed E-state index contributed by atoms with van der Waals surface area (Å²) in [6, 6.07) is 7.74. The molecule has 1 rings (SSSR count). The van der Waals surface area contributed by atoms with E-state index in [9.17, 15) is 4.79 Å². The molecule has 0 heterocycles. The van der Waals surface area contributed by atoms with Crippen LogP contribution in [0.1, 0.15) is 25.3 Å². The summed E-state index contributed by atoms with van der Waals surface area (Å²) in [5.41, 5.74) is 7.71. The molecule has 0 unspecified atom stereocenters. The van der Waals surface area contributed by atoms with Crippen LogP contribution in [-0.2, 0) is 11.3 Å². The van der Waals surface area contributed by atoms with Crippen molar-refractivity contribution in [3.63, 3.8) is 0 Å². The molecule has 0 atom stereocenters. The summed E-state index contributed by atoms with van der Waals surface area (Å²) in [7, 11) is 0. The predicted octanol–water partition coefficient (Wildman–Crippen LogP) is 2.76. The maximum atomic E-state index is 12.1. The second-order valence-corrected chi connectivity index (χ2v) is 5.24. The largest absolute Gasteiger partial charge is 0.398 e. The van der Waals surface area contributed by atoms with Gasteiger partial charge in [0.25, 0.3) is 0 Å². The van der Waals surface area contributed by atoms with E-state index >= 15 is 0 Å². The first-order chi connectivity index (χ1) is 8.69. The van der Waals surface area contributed by atoms with E-state index in [4.69, 9.17) is 5.73 Å². The Hall–Kier alpha value is -1.16. The van der Waals surface area contributed by atoms with Gasteiger partial charge in [-0.15, -0.1) is 0 Å². The number of nitrogens with zero attached hydrogens (tertiary/aromatic N) is 1. The summed E-state index contributed by atoms with van der Waals surface area (Å²) in [6.07, 6.45) is 3.60. The molecule has 4 heteroatoms. The zero-order valence-corrected chi connectivity index (χ0v) is 12.0. The normalized spacial score (nSPS) is 10.3.